The van der Waals surface area contributed by atoms with Crippen molar-refractivity contribution >= 4 is 23.8 Å². The van der Waals surface area contributed by atoms with Crippen molar-refractivity contribution < 1.29 is 23.9 Å². The Labute approximate surface area is 172 Å². The molecule has 8 heteroatoms. The maximum absolute atomic E-state index is 12.5. The Balaban J connectivity index is 1.82. The van der Waals surface area contributed by atoms with E-state index in [-0.39, 0.29) is 24.5 Å². The first kappa shape index (κ1) is 22.6. The molecule has 1 saturated carbocycles. The van der Waals surface area contributed by atoms with Crippen molar-refractivity contribution in [2.75, 3.05) is 18.5 Å². The van der Waals surface area contributed by atoms with Crippen LogP contribution >= 0.6 is 0 Å². The van der Waals surface area contributed by atoms with Gasteiger partial charge in [-0.1, -0.05) is 0 Å². The van der Waals surface area contributed by atoms with Crippen LogP contribution in [0.3, 0.4) is 0 Å². The molecule has 2 rings (SSSR count). The van der Waals surface area contributed by atoms with Crippen LogP contribution in [0, 0.1) is 0 Å². The quantitative estimate of drug-likeness (QED) is 0.633. The molecule has 29 heavy (non-hydrogen) atoms. The van der Waals surface area contributed by atoms with E-state index in [1.807, 2.05) is 6.07 Å². The normalized spacial score (nSPS) is 13.5. The van der Waals surface area contributed by atoms with Crippen LogP contribution in [-0.2, 0) is 25.5 Å². The van der Waals surface area contributed by atoms with E-state index in [0.29, 0.717) is 31.7 Å². The van der Waals surface area contributed by atoms with E-state index in [1.54, 1.807) is 44.9 Å². The number of ether oxygens (including phenoxy) is 2. The van der Waals surface area contributed by atoms with E-state index in [1.165, 1.54) is 0 Å². The first-order chi connectivity index (χ1) is 13.7. The Bertz CT molecular complexity index is 725. The van der Waals surface area contributed by atoms with Crippen LogP contribution in [0.1, 0.15) is 58.9 Å². The van der Waals surface area contributed by atoms with E-state index in [2.05, 4.69) is 10.3 Å². The van der Waals surface area contributed by atoms with Crippen molar-refractivity contribution in [3.63, 3.8) is 0 Å². The number of aryl methyl sites for hydroxylation is 1. The van der Waals surface area contributed by atoms with Crippen LogP contribution in [0.15, 0.2) is 18.3 Å². The number of carbonyl (C=O) groups excluding carboxylic acids is 3. The summed E-state index contributed by atoms with van der Waals surface area (Å²) in [5.41, 5.74) is 0.376. The van der Waals surface area contributed by atoms with Gasteiger partial charge in [-0.25, -0.2) is 9.78 Å². The third-order valence-electron chi connectivity index (χ3n) is 4.22. The number of carbonyl (C=O) groups is 3. The molecule has 1 aliphatic rings. The van der Waals surface area contributed by atoms with Gasteiger partial charge in [-0.05, 0) is 71.1 Å². The number of anilines is 1. The molecule has 0 aliphatic heterocycles. The van der Waals surface area contributed by atoms with Crippen molar-refractivity contribution in [3.05, 3.63) is 23.9 Å². The fourth-order valence-corrected chi connectivity index (χ4v) is 2.85. The number of hydrogen-bond acceptors (Lipinski definition) is 6. The number of esters is 1. The number of hydrogen-bond donors (Lipinski definition) is 1. The van der Waals surface area contributed by atoms with Gasteiger partial charge in [0.05, 0.1) is 6.61 Å². The van der Waals surface area contributed by atoms with Gasteiger partial charge in [0.1, 0.15) is 18.0 Å². The van der Waals surface area contributed by atoms with E-state index in [4.69, 9.17) is 9.47 Å². The van der Waals surface area contributed by atoms with Gasteiger partial charge in [0.2, 0.25) is 5.91 Å². The third-order valence-corrected chi connectivity index (χ3v) is 4.22. The van der Waals surface area contributed by atoms with Gasteiger partial charge >= 0.3 is 12.1 Å². The summed E-state index contributed by atoms with van der Waals surface area (Å²) in [7, 11) is 0. The second-order valence-corrected chi connectivity index (χ2v) is 8.09. The third kappa shape index (κ3) is 8.50. The summed E-state index contributed by atoms with van der Waals surface area (Å²) in [6, 6.07) is 3.78. The lowest BCUT2D eigenvalue weighted by atomic mass is 10.1. The summed E-state index contributed by atoms with van der Waals surface area (Å²) in [6.07, 6.45) is 4.59. The smallest absolute Gasteiger partial charge is 0.413 e. The van der Waals surface area contributed by atoms with Gasteiger partial charge in [-0.2, -0.15) is 0 Å². The zero-order chi connectivity index (χ0) is 21.4. The minimum Gasteiger partial charge on any atom is -0.465 e. The zero-order valence-corrected chi connectivity index (χ0v) is 17.7. The average molecular weight is 405 g/mol. The Kier molecular flexibility index (Phi) is 7.99. The fraction of sp³-hybridized carbons (Fsp3) is 0.619. The van der Waals surface area contributed by atoms with E-state index in [9.17, 15) is 14.4 Å². The summed E-state index contributed by atoms with van der Waals surface area (Å²) < 4.78 is 10.2. The first-order valence-electron chi connectivity index (χ1n) is 10.1. The molecule has 2 amide bonds. The van der Waals surface area contributed by atoms with Gasteiger partial charge in [0.25, 0.3) is 0 Å². The molecule has 0 radical (unpaired) electrons. The zero-order valence-electron chi connectivity index (χ0n) is 17.7. The second kappa shape index (κ2) is 10.2. The minimum absolute atomic E-state index is 0.0244. The van der Waals surface area contributed by atoms with Gasteiger partial charge in [0, 0.05) is 18.7 Å². The Morgan fingerprint density at radius 2 is 2.00 bits per heavy atom. The maximum atomic E-state index is 12.5. The Morgan fingerprint density at radius 1 is 1.28 bits per heavy atom. The molecule has 1 aromatic heterocycles. The molecule has 8 nitrogen and oxygen atoms in total. The molecule has 0 atom stereocenters. The summed E-state index contributed by atoms with van der Waals surface area (Å²) in [6.45, 7) is 7.46. The predicted molar refractivity (Wildman–Crippen MR) is 108 cm³/mol. The largest absolute Gasteiger partial charge is 0.465 e. The molecule has 1 N–H and O–H groups in total. The monoisotopic (exact) mass is 405 g/mol. The van der Waals surface area contributed by atoms with Crippen LogP contribution in [0.5, 0.6) is 0 Å². The summed E-state index contributed by atoms with van der Waals surface area (Å²) >= 11 is 0. The van der Waals surface area contributed by atoms with Gasteiger partial charge < -0.3 is 14.4 Å². The highest BCUT2D eigenvalue weighted by Gasteiger charge is 2.33. The highest BCUT2D eigenvalue weighted by Crippen LogP contribution is 2.27. The van der Waals surface area contributed by atoms with Crippen molar-refractivity contribution in [2.45, 2.75) is 71.4 Å². The molecule has 0 saturated heterocycles. The average Bonchev–Trinajstić information content (AvgIpc) is 3.43. The molecule has 0 spiro atoms. The van der Waals surface area contributed by atoms with E-state index < -0.39 is 11.7 Å². The molecule has 1 aromatic rings. The SMILES string of the molecule is CCOC(=O)CN(C(=O)CCCc1ccnc(NC(=O)OC(C)(C)C)c1)C1CC1. The van der Waals surface area contributed by atoms with Crippen LogP contribution in [0.4, 0.5) is 10.6 Å². The van der Waals surface area contributed by atoms with E-state index in [0.717, 1.165) is 18.4 Å². The molecular weight excluding hydrogens is 374 g/mol. The second-order valence-electron chi connectivity index (χ2n) is 8.09. The van der Waals surface area contributed by atoms with Crippen LogP contribution < -0.4 is 5.32 Å². The number of aromatic nitrogens is 1. The van der Waals surface area contributed by atoms with Gasteiger partial charge in [-0.3, -0.25) is 14.9 Å². The molecule has 160 valence electrons. The summed E-state index contributed by atoms with van der Waals surface area (Å²) in [4.78, 5) is 41.9. The lowest BCUT2D eigenvalue weighted by molar-refractivity contribution is -0.149. The van der Waals surface area contributed by atoms with Crippen molar-refractivity contribution in [1.82, 2.24) is 9.88 Å². The van der Waals surface area contributed by atoms with Gasteiger partial charge in [-0.15, -0.1) is 0 Å². The number of pyridine rings is 1. The van der Waals surface area contributed by atoms with Crippen LogP contribution in [0.25, 0.3) is 0 Å². The molecule has 1 aliphatic carbocycles. The van der Waals surface area contributed by atoms with Crippen LogP contribution in [-0.4, -0.2) is 52.6 Å². The molecule has 0 bridgehead atoms. The predicted octanol–water partition coefficient (Wildman–Crippen LogP) is 3.31. The minimum atomic E-state index is -0.584. The number of rotatable bonds is 9. The van der Waals surface area contributed by atoms with Crippen molar-refractivity contribution in [3.8, 4) is 0 Å². The molecule has 1 heterocycles. The number of amides is 2. The van der Waals surface area contributed by atoms with Crippen molar-refractivity contribution in [2.24, 2.45) is 0 Å². The summed E-state index contributed by atoms with van der Waals surface area (Å²) in [5.74, 6) is 0.0199. The highest BCUT2D eigenvalue weighted by molar-refractivity contribution is 5.84. The van der Waals surface area contributed by atoms with E-state index >= 15 is 0 Å². The molecular formula is C21H31N3O5. The summed E-state index contributed by atoms with van der Waals surface area (Å²) in [5, 5.41) is 2.61. The Morgan fingerprint density at radius 3 is 2.62 bits per heavy atom. The Hall–Kier alpha value is -2.64. The number of nitrogens with zero attached hydrogens (tertiary/aromatic N) is 2. The molecule has 0 unspecified atom stereocenters. The molecule has 1 fully saturated rings. The fourth-order valence-electron chi connectivity index (χ4n) is 2.85. The maximum Gasteiger partial charge on any atom is 0.413 e. The lowest BCUT2D eigenvalue weighted by Gasteiger charge is -2.21. The lowest BCUT2D eigenvalue weighted by Crippen LogP contribution is -2.38. The standard InChI is InChI=1S/C21H31N3O5/c1-5-28-19(26)14-24(16-9-10-16)18(25)8-6-7-15-11-12-22-17(13-15)23-20(27)29-21(2,3)4/h11-13,16H,5-10,14H2,1-4H3,(H,22,23,27). The van der Waals surface area contributed by atoms with Gasteiger partial charge in [0.15, 0.2) is 0 Å². The topological polar surface area (TPSA) is 97.8 Å². The molecule has 0 aromatic carbocycles. The first-order valence-corrected chi connectivity index (χ1v) is 10.1. The van der Waals surface area contributed by atoms with Crippen LogP contribution in [0.2, 0.25) is 0 Å². The number of nitrogens with one attached hydrogen (secondary N) is 1. The highest BCUT2D eigenvalue weighted by atomic mass is 16.6. The van der Waals surface area contributed by atoms with Crippen molar-refractivity contribution in [1.29, 1.82) is 0 Å².